The molecule has 6 nitrogen and oxygen atoms in total. The Morgan fingerprint density at radius 2 is 1.52 bits per heavy atom. The van der Waals surface area contributed by atoms with Crippen molar-refractivity contribution in [3.63, 3.8) is 0 Å². The highest BCUT2D eigenvalue weighted by Crippen LogP contribution is 2.32. The van der Waals surface area contributed by atoms with E-state index < -0.39 is 23.2 Å². The maximum atomic E-state index is 10.7. The molecule has 0 saturated carbocycles. The summed E-state index contributed by atoms with van der Waals surface area (Å²) in [4.78, 5) is 10.3. The summed E-state index contributed by atoms with van der Waals surface area (Å²) in [6.07, 6.45) is 0. The first-order valence-corrected chi connectivity index (χ1v) is 6.91. The molecule has 0 spiro atoms. The van der Waals surface area contributed by atoms with Gasteiger partial charge in [0.2, 0.25) is 0 Å². The quantitative estimate of drug-likeness (QED) is 0.748. The van der Waals surface area contributed by atoms with Gasteiger partial charge in [0.05, 0.1) is 26.7 Å². The Labute approximate surface area is 135 Å². The van der Waals surface area contributed by atoms with Crippen LogP contribution in [0.5, 0.6) is 17.2 Å². The maximum absolute atomic E-state index is 10.7. The van der Waals surface area contributed by atoms with Crippen LogP contribution in [0.15, 0.2) is 42.5 Å². The van der Waals surface area contributed by atoms with Crippen molar-refractivity contribution in [1.82, 2.24) is 0 Å². The summed E-state index contributed by atoms with van der Waals surface area (Å²) in [7, 11) is 6.60. The highest BCUT2D eigenvalue weighted by Gasteiger charge is 2.07. The Morgan fingerprint density at radius 1 is 1.04 bits per heavy atom. The summed E-state index contributed by atoms with van der Waals surface area (Å²) in [6, 6.07) is 12.1. The molecule has 0 aliphatic carbocycles. The van der Waals surface area contributed by atoms with Gasteiger partial charge in [-0.15, -0.1) is 0 Å². The van der Waals surface area contributed by atoms with Crippen LogP contribution in [0.1, 0.15) is 15.9 Å². The minimum atomic E-state index is -1.32. The highest BCUT2D eigenvalue weighted by atomic mass is 16.4. The largest absolute Gasteiger partial charge is 0.867 e. The molecule has 0 aromatic heterocycles. The fourth-order valence-electron chi connectivity index (χ4n) is 1.85. The van der Waals surface area contributed by atoms with Gasteiger partial charge in [-0.25, -0.2) is 4.79 Å². The SMILES string of the molecule is C[N+](C)(C)Cc1ccccc1.O=C(O)c1cc(O)c([O-])c(O)c1. The topological polar surface area (TPSA) is 101 Å². The van der Waals surface area contributed by atoms with Gasteiger partial charge in [-0.05, 0) is 17.9 Å². The minimum Gasteiger partial charge on any atom is -0.867 e. The lowest BCUT2D eigenvalue weighted by atomic mass is 10.2. The van der Waals surface area contributed by atoms with Crippen LogP contribution in [0.4, 0.5) is 0 Å². The predicted molar refractivity (Wildman–Crippen MR) is 84.4 cm³/mol. The van der Waals surface area contributed by atoms with E-state index >= 15 is 0 Å². The Hall–Kier alpha value is -2.73. The van der Waals surface area contributed by atoms with E-state index in [1.807, 2.05) is 0 Å². The number of carboxylic acids is 1. The molecule has 3 N–H and O–H groups in total. The summed E-state index contributed by atoms with van der Waals surface area (Å²) in [6.45, 7) is 1.10. The average Bonchev–Trinajstić information content (AvgIpc) is 2.44. The van der Waals surface area contributed by atoms with Crippen LogP contribution in [-0.4, -0.2) is 46.9 Å². The Balaban J connectivity index is 0.000000231. The van der Waals surface area contributed by atoms with Crippen molar-refractivity contribution in [1.29, 1.82) is 0 Å². The first-order chi connectivity index (χ1) is 10.6. The molecule has 23 heavy (non-hydrogen) atoms. The highest BCUT2D eigenvalue weighted by molar-refractivity contribution is 5.89. The zero-order chi connectivity index (χ0) is 17.6. The van der Waals surface area contributed by atoms with E-state index in [9.17, 15) is 9.90 Å². The summed E-state index contributed by atoms with van der Waals surface area (Å²) >= 11 is 0. The second-order valence-corrected chi connectivity index (χ2v) is 6.08. The number of quaternary nitrogens is 1. The molecule has 6 heteroatoms. The van der Waals surface area contributed by atoms with E-state index in [1.54, 1.807) is 0 Å². The molecule has 0 aliphatic heterocycles. The molecule has 2 aromatic carbocycles. The molecule has 2 rings (SSSR count). The Kier molecular flexibility index (Phi) is 5.98. The lowest BCUT2D eigenvalue weighted by Gasteiger charge is -2.23. The molecule has 0 fully saturated rings. The van der Waals surface area contributed by atoms with Crippen molar-refractivity contribution in [2.45, 2.75) is 6.54 Å². The van der Waals surface area contributed by atoms with Crippen LogP contribution >= 0.6 is 0 Å². The van der Waals surface area contributed by atoms with Gasteiger partial charge in [-0.2, -0.15) is 0 Å². The van der Waals surface area contributed by atoms with Gasteiger partial charge in [0.25, 0.3) is 0 Å². The van der Waals surface area contributed by atoms with Gasteiger partial charge in [0.15, 0.2) is 0 Å². The molecule has 0 unspecified atom stereocenters. The fraction of sp³-hybridized carbons (Fsp3) is 0.235. The summed E-state index contributed by atoms with van der Waals surface area (Å²) in [5, 5.41) is 36.6. The van der Waals surface area contributed by atoms with Crippen LogP contribution in [0.2, 0.25) is 0 Å². The van der Waals surface area contributed by atoms with Gasteiger partial charge in [-0.3, -0.25) is 0 Å². The normalized spacial score (nSPS) is 10.6. The molecule has 124 valence electrons. The van der Waals surface area contributed by atoms with Crippen molar-refractivity contribution in [3.8, 4) is 17.2 Å². The molecule has 2 aromatic rings. The van der Waals surface area contributed by atoms with Crippen molar-refractivity contribution < 1.29 is 29.7 Å². The lowest BCUT2D eigenvalue weighted by molar-refractivity contribution is -0.884. The number of carbonyl (C=O) groups is 1. The zero-order valence-electron chi connectivity index (χ0n) is 13.4. The van der Waals surface area contributed by atoms with E-state index in [-0.39, 0.29) is 5.56 Å². The number of phenols is 2. The molecule has 0 heterocycles. The average molecular weight is 319 g/mol. The molecule has 0 radical (unpaired) electrons. The number of hydrogen-bond acceptors (Lipinski definition) is 4. The molecule has 0 atom stereocenters. The Morgan fingerprint density at radius 3 is 1.91 bits per heavy atom. The van der Waals surface area contributed by atoms with E-state index in [2.05, 4.69) is 51.5 Å². The van der Waals surface area contributed by atoms with Crippen LogP contribution in [0.3, 0.4) is 0 Å². The number of nitrogens with zero attached hydrogens (tertiary/aromatic N) is 1. The van der Waals surface area contributed by atoms with Gasteiger partial charge < -0.3 is 24.9 Å². The number of benzene rings is 2. The van der Waals surface area contributed by atoms with Gasteiger partial charge in [0, 0.05) is 5.56 Å². The number of aromatic carboxylic acids is 1. The predicted octanol–water partition coefficient (Wildman–Crippen LogP) is 1.76. The number of carboxylic acid groups (broad SMARTS) is 1. The molecule has 0 amide bonds. The second-order valence-electron chi connectivity index (χ2n) is 6.08. The summed E-state index contributed by atoms with van der Waals surface area (Å²) in [5.74, 6) is -3.83. The monoisotopic (exact) mass is 319 g/mol. The summed E-state index contributed by atoms with van der Waals surface area (Å²) < 4.78 is 0.990. The van der Waals surface area contributed by atoms with Crippen LogP contribution < -0.4 is 5.11 Å². The first-order valence-electron chi connectivity index (χ1n) is 6.91. The van der Waals surface area contributed by atoms with Gasteiger partial charge >= 0.3 is 5.97 Å². The molecule has 0 aliphatic rings. The zero-order valence-corrected chi connectivity index (χ0v) is 13.4. The molecular formula is C17H21NO5. The van der Waals surface area contributed by atoms with Crippen LogP contribution in [-0.2, 0) is 6.54 Å². The number of aromatic hydroxyl groups is 2. The fourth-order valence-corrected chi connectivity index (χ4v) is 1.85. The standard InChI is InChI=1S/C10H16N.C7H6O5/c1-11(2,3)9-10-7-5-4-6-8-10;8-4-1-3(7(11)12)2-5(9)6(4)10/h4-8H,9H2,1-3H3;1-2,8-10H,(H,11,12)/q+1;/p-1. The molecule has 0 saturated heterocycles. The van der Waals surface area contributed by atoms with Crippen molar-refractivity contribution in [2.75, 3.05) is 21.1 Å². The molecular weight excluding hydrogens is 298 g/mol. The molecule has 0 bridgehead atoms. The van der Waals surface area contributed by atoms with Crippen molar-refractivity contribution in [2.24, 2.45) is 0 Å². The maximum Gasteiger partial charge on any atom is 0.335 e. The lowest BCUT2D eigenvalue weighted by Crippen LogP contribution is -2.33. The van der Waals surface area contributed by atoms with E-state index in [0.29, 0.717) is 0 Å². The van der Waals surface area contributed by atoms with E-state index in [4.69, 9.17) is 15.3 Å². The summed E-state index contributed by atoms with van der Waals surface area (Å²) in [5.41, 5.74) is 1.07. The van der Waals surface area contributed by atoms with Gasteiger partial charge in [-0.1, -0.05) is 30.3 Å². The van der Waals surface area contributed by atoms with Crippen molar-refractivity contribution in [3.05, 3.63) is 53.6 Å². The third-order valence-electron chi connectivity index (χ3n) is 2.80. The van der Waals surface area contributed by atoms with Crippen LogP contribution in [0.25, 0.3) is 0 Å². The Bertz CT molecular complexity index is 639. The smallest absolute Gasteiger partial charge is 0.335 e. The number of rotatable bonds is 3. The number of phenolic OH excluding ortho intramolecular Hbond substituents is 2. The second kappa shape index (κ2) is 7.51. The van der Waals surface area contributed by atoms with E-state index in [1.165, 1.54) is 5.56 Å². The van der Waals surface area contributed by atoms with Crippen molar-refractivity contribution >= 4 is 5.97 Å². The van der Waals surface area contributed by atoms with E-state index in [0.717, 1.165) is 23.2 Å². The number of hydrogen-bond donors (Lipinski definition) is 3. The van der Waals surface area contributed by atoms with Crippen LogP contribution in [0, 0.1) is 0 Å². The minimum absolute atomic E-state index is 0.329. The first kappa shape index (κ1) is 18.3. The third kappa shape index (κ3) is 6.27. The van der Waals surface area contributed by atoms with Gasteiger partial charge in [0.1, 0.15) is 18.0 Å². The third-order valence-corrected chi connectivity index (χ3v) is 2.80.